The summed E-state index contributed by atoms with van der Waals surface area (Å²) < 4.78 is 0. The summed E-state index contributed by atoms with van der Waals surface area (Å²) in [5.41, 5.74) is 2.75. The zero-order valence-electron chi connectivity index (χ0n) is 7.23. The molecule has 1 aliphatic rings. The molecule has 0 unspecified atom stereocenters. The highest BCUT2D eigenvalue weighted by Crippen LogP contribution is 1.89. The summed E-state index contributed by atoms with van der Waals surface area (Å²) in [4.78, 5) is 15.5. The highest BCUT2D eigenvalue weighted by Gasteiger charge is 2.15. The number of nitrogens with two attached hydrogens (primary N) is 1. The topological polar surface area (TPSA) is 92.3 Å². The van der Waals surface area contributed by atoms with Crippen LogP contribution in [0.1, 0.15) is 6.92 Å². The van der Waals surface area contributed by atoms with Crippen molar-refractivity contribution in [2.75, 3.05) is 13.2 Å². The van der Waals surface area contributed by atoms with E-state index in [1.165, 1.54) is 6.21 Å². The van der Waals surface area contributed by atoms with Crippen LogP contribution in [0, 0.1) is 0 Å². The Labute approximate surface area is 75.2 Å². The van der Waals surface area contributed by atoms with Crippen LogP contribution in [-0.4, -0.2) is 36.1 Å². The molecule has 0 aromatic carbocycles. The third-order valence-electron chi connectivity index (χ3n) is 1.29. The van der Waals surface area contributed by atoms with Crippen LogP contribution >= 0.6 is 0 Å². The highest BCUT2D eigenvalue weighted by atomic mass is 16.6. The van der Waals surface area contributed by atoms with Gasteiger partial charge in [-0.2, -0.15) is 5.10 Å². The van der Waals surface area contributed by atoms with Crippen molar-refractivity contribution in [3.8, 4) is 0 Å². The number of oxime groups is 1. The summed E-state index contributed by atoms with van der Waals surface area (Å²) in [5, 5.41) is 8.28. The molecule has 0 aliphatic carbocycles. The number of carbonyl (C=O) groups is 1. The number of hydrazone groups is 1. The van der Waals surface area contributed by atoms with Crippen LogP contribution in [0.4, 0.5) is 4.79 Å². The molecule has 0 aromatic rings. The van der Waals surface area contributed by atoms with Crippen LogP contribution < -0.4 is 11.3 Å². The number of hydrogen-bond acceptors (Lipinski definition) is 5. The van der Waals surface area contributed by atoms with Crippen LogP contribution in [0.3, 0.4) is 0 Å². The Morgan fingerprint density at radius 2 is 2.69 bits per heavy atom. The minimum Gasteiger partial charge on any atom is -0.396 e. The van der Waals surface area contributed by atoms with Gasteiger partial charge in [-0.15, -0.1) is 0 Å². The fourth-order valence-corrected chi connectivity index (χ4v) is 0.708. The minimum absolute atomic E-state index is 0.225. The molecule has 1 heterocycles. The van der Waals surface area contributed by atoms with Crippen molar-refractivity contribution < 1.29 is 9.63 Å². The van der Waals surface area contributed by atoms with E-state index in [4.69, 9.17) is 10.7 Å². The van der Waals surface area contributed by atoms with Crippen molar-refractivity contribution in [1.29, 1.82) is 0 Å². The lowest BCUT2D eigenvalue weighted by Gasteiger charge is -2.19. The van der Waals surface area contributed by atoms with Gasteiger partial charge >= 0.3 is 6.03 Å². The van der Waals surface area contributed by atoms with Gasteiger partial charge < -0.3 is 4.84 Å². The van der Waals surface area contributed by atoms with Crippen molar-refractivity contribution in [2.24, 2.45) is 16.1 Å². The van der Waals surface area contributed by atoms with E-state index >= 15 is 0 Å². The van der Waals surface area contributed by atoms with E-state index in [1.54, 1.807) is 0 Å². The van der Waals surface area contributed by atoms with Crippen LogP contribution in [-0.2, 0) is 4.84 Å². The first-order valence-electron chi connectivity index (χ1n) is 3.78. The highest BCUT2D eigenvalue weighted by molar-refractivity contribution is 6.32. The second-order valence-corrected chi connectivity index (χ2v) is 2.30. The van der Waals surface area contributed by atoms with Crippen molar-refractivity contribution in [3.05, 3.63) is 0 Å². The van der Waals surface area contributed by atoms with Gasteiger partial charge in [0.25, 0.3) is 0 Å². The lowest BCUT2D eigenvalue weighted by atomic mass is 10.4. The zero-order valence-corrected chi connectivity index (χ0v) is 7.23. The lowest BCUT2D eigenvalue weighted by molar-refractivity contribution is 0.160. The molecule has 72 valence electrons. The van der Waals surface area contributed by atoms with E-state index in [-0.39, 0.29) is 6.54 Å². The number of amides is 2. The summed E-state index contributed by atoms with van der Waals surface area (Å²) in [6.45, 7) is 2.53. The molecule has 0 bridgehead atoms. The van der Waals surface area contributed by atoms with Crippen LogP contribution in [0.25, 0.3) is 0 Å². The molecule has 0 spiro atoms. The Hall–Kier alpha value is -1.63. The van der Waals surface area contributed by atoms with E-state index < -0.39 is 6.03 Å². The molecule has 0 saturated carbocycles. The van der Waals surface area contributed by atoms with Crippen molar-refractivity contribution in [1.82, 2.24) is 10.4 Å². The Morgan fingerprint density at radius 1 is 1.92 bits per heavy atom. The van der Waals surface area contributed by atoms with E-state index in [1.807, 2.05) is 6.92 Å². The maximum absolute atomic E-state index is 10.8. The number of hydrogen-bond donors (Lipinski definition) is 2. The van der Waals surface area contributed by atoms with E-state index in [0.29, 0.717) is 12.3 Å². The molecular weight excluding hydrogens is 174 g/mol. The first kappa shape index (κ1) is 9.46. The molecule has 2 amide bonds. The fourth-order valence-electron chi connectivity index (χ4n) is 0.708. The Bertz CT molecular complexity index is 249. The van der Waals surface area contributed by atoms with Crippen molar-refractivity contribution >= 4 is 18.0 Å². The number of carbonyl (C=O) groups excluding carboxylic acids is 1. The van der Waals surface area contributed by atoms with Crippen LogP contribution in [0.5, 0.6) is 0 Å². The quantitative estimate of drug-likeness (QED) is 0.262. The molecule has 7 nitrogen and oxygen atoms in total. The number of rotatable bonds is 3. The second-order valence-electron chi connectivity index (χ2n) is 2.30. The molecule has 0 aromatic heterocycles. The van der Waals surface area contributed by atoms with E-state index in [9.17, 15) is 4.79 Å². The molecule has 13 heavy (non-hydrogen) atoms. The minimum atomic E-state index is -0.437. The smallest absolute Gasteiger partial charge is 0.352 e. The van der Waals surface area contributed by atoms with Crippen LogP contribution in [0.15, 0.2) is 10.3 Å². The predicted molar refractivity (Wildman–Crippen MR) is 47.0 cm³/mol. The molecule has 0 saturated heterocycles. The second kappa shape index (κ2) is 4.41. The number of nitrogens with zero attached hydrogens (tertiary/aromatic N) is 3. The lowest BCUT2D eigenvalue weighted by Crippen LogP contribution is -2.50. The van der Waals surface area contributed by atoms with Crippen molar-refractivity contribution in [3.63, 3.8) is 0 Å². The van der Waals surface area contributed by atoms with Gasteiger partial charge in [0.15, 0.2) is 0 Å². The zero-order chi connectivity index (χ0) is 9.68. The van der Waals surface area contributed by atoms with Gasteiger partial charge in [-0.05, 0) is 6.92 Å². The third-order valence-corrected chi connectivity index (χ3v) is 1.29. The van der Waals surface area contributed by atoms with E-state index in [2.05, 4.69) is 15.7 Å². The van der Waals surface area contributed by atoms with Crippen LogP contribution in [0.2, 0.25) is 0 Å². The summed E-state index contributed by atoms with van der Waals surface area (Å²) in [6.07, 6.45) is 1.41. The standard InChI is InChI=1S/C6H11N5O2/c1-2-13-8-3-5-4-11(7)6(12)10-9-5/h3H,2,4,7H2,1H3,(H,10,12)/b8-3+. The first-order chi connectivity index (χ1) is 6.24. The Balaban J connectivity index is 2.48. The molecule has 0 atom stereocenters. The van der Waals surface area contributed by atoms with E-state index in [0.717, 1.165) is 5.01 Å². The van der Waals surface area contributed by atoms with Gasteiger partial charge in [-0.1, -0.05) is 5.16 Å². The largest absolute Gasteiger partial charge is 0.396 e. The average Bonchev–Trinajstić information content (AvgIpc) is 2.12. The molecule has 0 fully saturated rings. The van der Waals surface area contributed by atoms with Gasteiger partial charge in [0.2, 0.25) is 0 Å². The maximum atomic E-state index is 10.8. The molecule has 7 heteroatoms. The summed E-state index contributed by atoms with van der Waals surface area (Å²) in [7, 11) is 0. The Kier molecular flexibility index (Phi) is 3.21. The molecule has 0 radical (unpaired) electrons. The van der Waals surface area contributed by atoms with Gasteiger partial charge in [0.1, 0.15) is 12.3 Å². The Morgan fingerprint density at radius 3 is 3.31 bits per heavy atom. The summed E-state index contributed by atoms with van der Waals surface area (Å²) in [5.74, 6) is 5.31. The summed E-state index contributed by atoms with van der Waals surface area (Å²) >= 11 is 0. The normalized spacial score (nSPS) is 17.2. The van der Waals surface area contributed by atoms with Gasteiger partial charge in [-0.25, -0.2) is 16.1 Å². The number of hydrazine groups is 1. The fraction of sp³-hybridized carbons (Fsp3) is 0.500. The van der Waals surface area contributed by atoms with Gasteiger partial charge in [0, 0.05) is 0 Å². The molecular formula is C6H11N5O2. The average molecular weight is 185 g/mol. The van der Waals surface area contributed by atoms with Crippen molar-refractivity contribution in [2.45, 2.75) is 6.92 Å². The van der Waals surface area contributed by atoms with Gasteiger partial charge in [0.05, 0.1) is 12.8 Å². The number of urea groups is 1. The summed E-state index contributed by atoms with van der Waals surface area (Å²) in [6, 6.07) is -0.437. The number of nitrogens with one attached hydrogen (secondary N) is 1. The monoisotopic (exact) mass is 185 g/mol. The van der Waals surface area contributed by atoms with Gasteiger partial charge in [-0.3, -0.25) is 5.01 Å². The molecule has 3 N–H and O–H groups in total. The molecule has 1 aliphatic heterocycles. The predicted octanol–water partition coefficient (Wildman–Crippen LogP) is -0.736. The third kappa shape index (κ3) is 2.71. The maximum Gasteiger partial charge on any atom is 0.352 e. The first-order valence-corrected chi connectivity index (χ1v) is 3.78. The molecule has 1 rings (SSSR count). The SMILES string of the molecule is CCO/N=C/C1=NNC(=O)N(N)C1.